The highest BCUT2D eigenvalue weighted by Gasteiger charge is 2.07. The molecule has 2 aromatic carbocycles. The second kappa shape index (κ2) is 18.5. The number of benzene rings is 2. The molecule has 0 amide bonds. The zero-order valence-corrected chi connectivity index (χ0v) is 22.3. The number of hydrogen-bond acceptors (Lipinski definition) is 2. The summed E-state index contributed by atoms with van der Waals surface area (Å²) in [4.78, 5) is 0. The summed E-state index contributed by atoms with van der Waals surface area (Å²) in [5.41, 5.74) is 3.72. The first kappa shape index (κ1) is 28.4. The van der Waals surface area contributed by atoms with E-state index in [4.69, 9.17) is 9.47 Å². The maximum Gasteiger partial charge on any atom is 0.119 e. The van der Waals surface area contributed by atoms with Crippen molar-refractivity contribution in [3.63, 3.8) is 0 Å². The Bertz CT molecular complexity index is 720. The summed E-state index contributed by atoms with van der Waals surface area (Å²) >= 11 is 0. The monoisotopic (exact) mass is 466 g/mol. The molecule has 0 heterocycles. The molecule has 1 atom stereocenters. The van der Waals surface area contributed by atoms with Crippen LogP contribution in [0.25, 0.3) is 11.1 Å². The van der Waals surface area contributed by atoms with Crippen molar-refractivity contribution >= 4 is 0 Å². The van der Waals surface area contributed by atoms with Gasteiger partial charge in [0.1, 0.15) is 5.75 Å². The molecule has 0 bridgehead atoms. The van der Waals surface area contributed by atoms with Crippen LogP contribution in [0.5, 0.6) is 5.75 Å². The fourth-order valence-electron chi connectivity index (χ4n) is 4.35. The topological polar surface area (TPSA) is 18.5 Å². The van der Waals surface area contributed by atoms with Gasteiger partial charge in [-0.05, 0) is 48.6 Å². The molecule has 0 radical (unpaired) electrons. The van der Waals surface area contributed by atoms with Crippen molar-refractivity contribution < 1.29 is 9.47 Å². The fraction of sp³-hybridized carbons (Fsp3) is 0.625. The van der Waals surface area contributed by atoms with Crippen LogP contribution in [0.1, 0.15) is 122 Å². The van der Waals surface area contributed by atoms with Gasteiger partial charge in [0.05, 0.1) is 12.7 Å². The predicted octanol–water partition coefficient (Wildman–Crippen LogP) is 10.3. The summed E-state index contributed by atoms with van der Waals surface area (Å²) in [5, 5.41) is 0. The Morgan fingerprint density at radius 2 is 0.971 bits per heavy atom. The average molecular weight is 467 g/mol. The minimum atomic E-state index is 0.149. The zero-order chi connectivity index (χ0) is 24.3. The van der Waals surface area contributed by atoms with Crippen LogP contribution in [0.15, 0.2) is 48.5 Å². The summed E-state index contributed by atoms with van der Waals surface area (Å²) in [5.74, 6) is 0.967. The first-order valence-corrected chi connectivity index (χ1v) is 14.2. The van der Waals surface area contributed by atoms with Gasteiger partial charge in [-0.1, -0.05) is 127 Å². The van der Waals surface area contributed by atoms with Crippen LogP contribution in [0.4, 0.5) is 0 Å². The summed E-state index contributed by atoms with van der Waals surface area (Å²) in [6, 6.07) is 17.3. The van der Waals surface area contributed by atoms with E-state index >= 15 is 0 Å². The van der Waals surface area contributed by atoms with Crippen molar-refractivity contribution in [2.24, 2.45) is 0 Å². The number of unbranched alkanes of at least 4 members (excludes halogenated alkanes) is 12. The molecule has 34 heavy (non-hydrogen) atoms. The van der Waals surface area contributed by atoms with Gasteiger partial charge in [0, 0.05) is 6.61 Å². The van der Waals surface area contributed by atoms with Crippen LogP contribution in [0, 0.1) is 0 Å². The van der Waals surface area contributed by atoms with Gasteiger partial charge < -0.3 is 9.47 Å². The minimum absolute atomic E-state index is 0.149. The minimum Gasteiger partial charge on any atom is -0.494 e. The lowest BCUT2D eigenvalue weighted by atomic mass is 10.0. The molecule has 0 fully saturated rings. The molecule has 2 nitrogen and oxygen atoms in total. The normalized spacial score (nSPS) is 12.1. The van der Waals surface area contributed by atoms with Gasteiger partial charge in [0.15, 0.2) is 0 Å². The first-order valence-electron chi connectivity index (χ1n) is 14.2. The number of rotatable bonds is 20. The van der Waals surface area contributed by atoms with Crippen molar-refractivity contribution in [2.75, 3.05) is 13.2 Å². The molecule has 2 aromatic rings. The molecule has 0 spiro atoms. The molecular weight excluding hydrogens is 416 g/mol. The van der Waals surface area contributed by atoms with Crippen molar-refractivity contribution in [3.05, 3.63) is 54.1 Å². The quantitative estimate of drug-likeness (QED) is 0.181. The number of ether oxygens (including phenoxy) is 2. The molecular formula is C32H50O2. The fourth-order valence-corrected chi connectivity index (χ4v) is 4.35. The van der Waals surface area contributed by atoms with Crippen molar-refractivity contribution in [1.29, 1.82) is 0 Å². The summed E-state index contributed by atoms with van der Waals surface area (Å²) in [6.07, 6.45) is 18.6. The maximum absolute atomic E-state index is 6.10. The van der Waals surface area contributed by atoms with Crippen LogP contribution < -0.4 is 4.74 Å². The lowest BCUT2D eigenvalue weighted by Crippen LogP contribution is -2.01. The van der Waals surface area contributed by atoms with Crippen LogP contribution in [0.3, 0.4) is 0 Å². The molecule has 1 unspecified atom stereocenters. The second-order valence-electron chi connectivity index (χ2n) is 9.75. The predicted molar refractivity (Wildman–Crippen MR) is 148 cm³/mol. The molecule has 0 aromatic heterocycles. The Hall–Kier alpha value is -1.80. The Balaban J connectivity index is 1.63. The zero-order valence-electron chi connectivity index (χ0n) is 22.3. The van der Waals surface area contributed by atoms with Gasteiger partial charge in [-0.15, -0.1) is 0 Å². The molecule has 0 saturated carbocycles. The lowest BCUT2D eigenvalue weighted by Gasteiger charge is -2.14. The van der Waals surface area contributed by atoms with E-state index in [1.165, 1.54) is 100 Å². The van der Waals surface area contributed by atoms with Crippen molar-refractivity contribution in [2.45, 2.75) is 117 Å². The smallest absolute Gasteiger partial charge is 0.119 e. The molecule has 2 rings (SSSR count). The highest BCUT2D eigenvalue weighted by molar-refractivity contribution is 5.64. The van der Waals surface area contributed by atoms with E-state index in [0.29, 0.717) is 0 Å². The molecule has 0 saturated heterocycles. The Kier molecular flexibility index (Phi) is 15.5. The van der Waals surface area contributed by atoms with E-state index in [1.54, 1.807) is 0 Å². The molecule has 0 aliphatic rings. The highest BCUT2D eigenvalue weighted by atomic mass is 16.5. The average Bonchev–Trinajstić information content (AvgIpc) is 2.87. The third-order valence-electron chi connectivity index (χ3n) is 6.70. The summed E-state index contributed by atoms with van der Waals surface area (Å²) < 4.78 is 12.0. The lowest BCUT2D eigenvalue weighted by molar-refractivity contribution is 0.0627. The Labute approximate surface area is 210 Å². The van der Waals surface area contributed by atoms with Gasteiger partial charge in [-0.3, -0.25) is 0 Å². The largest absolute Gasteiger partial charge is 0.494 e. The van der Waals surface area contributed by atoms with E-state index < -0.39 is 0 Å². The Morgan fingerprint density at radius 3 is 1.50 bits per heavy atom. The standard InChI is InChI=1S/C32H50O2/c1-4-6-8-10-11-12-13-15-16-26-33-28(3)29-18-20-30(21-19-29)31-22-24-32(25-23-31)34-27-17-14-9-7-5-2/h18-25,28H,4-17,26-27H2,1-3H3. The van der Waals surface area contributed by atoms with Crippen LogP contribution >= 0.6 is 0 Å². The van der Waals surface area contributed by atoms with E-state index in [1.807, 2.05) is 0 Å². The van der Waals surface area contributed by atoms with Crippen LogP contribution in [-0.2, 0) is 4.74 Å². The van der Waals surface area contributed by atoms with Crippen molar-refractivity contribution in [1.82, 2.24) is 0 Å². The third-order valence-corrected chi connectivity index (χ3v) is 6.70. The van der Waals surface area contributed by atoms with E-state index in [2.05, 4.69) is 69.3 Å². The molecule has 190 valence electrons. The number of hydrogen-bond donors (Lipinski definition) is 0. The molecule has 0 aliphatic carbocycles. The maximum atomic E-state index is 6.10. The van der Waals surface area contributed by atoms with Gasteiger partial charge in [-0.2, -0.15) is 0 Å². The summed E-state index contributed by atoms with van der Waals surface area (Å²) in [6.45, 7) is 8.37. The van der Waals surface area contributed by atoms with Crippen molar-refractivity contribution in [3.8, 4) is 16.9 Å². The van der Waals surface area contributed by atoms with E-state index in [9.17, 15) is 0 Å². The van der Waals surface area contributed by atoms with Gasteiger partial charge in [0.2, 0.25) is 0 Å². The first-order chi connectivity index (χ1) is 16.7. The third kappa shape index (κ3) is 12.1. The van der Waals surface area contributed by atoms with E-state index in [0.717, 1.165) is 25.4 Å². The van der Waals surface area contributed by atoms with Gasteiger partial charge in [-0.25, -0.2) is 0 Å². The highest BCUT2D eigenvalue weighted by Crippen LogP contribution is 2.25. The van der Waals surface area contributed by atoms with Crippen LogP contribution in [0.2, 0.25) is 0 Å². The molecule has 0 N–H and O–H groups in total. The SMILES string of the molecule is CCCCCCCCCCCOC(C)c1ccc(-c2ccc(OCCCCCCC)cc2)cc1. The van der Waals surface area contributed by atoms with Gasteiger partial charge >= 0.3 is 0 Å². The van der Waals surface area contributed by atoms with Gasteiger partial charge in [0.25, 0.3) is 0 Å². The molecule has 0 aliphatic heterocycles. The summed E-state index contributed by atoms with van der Waals surface area (Å²) in [7, 11) is 0. The molecule has 2 heteroatoms. The Morgan fingerprint density at radius 1 is 0.529 bits per heavy atom. The second-order valence-corrected chi connectivity index (χ2v) is 9.75. The van der Waals surface area contributed by atoms with E-state index in [-0.39, 0.29) is 6.10 Å². The van der Waals surface area contributed by atoms with Crippen LogP contribution in [-0.4, -0.2) is 13.2 Å².